The van der Waals surface area contributed by atoms with E-state index in [1.807, 2.05) is 11.6 Å². The lowest BCUT2D eigenvalue weighted by Crippen LogP contribution is -2.07. The molecule has 0 spiro atoms. The SMILES string of the molecule is Cn1cncc1C(O)CCCC1CCCO1. The van der Waals surface area contributed by atoms with Gasteiger partial charge in [-0.2, -0.15) is 0 Å². The van der Waals surface area contributed by atoms with Gasteiger partial charge >= 0.3 is 0 Å². The Morgan fingerprint density at radius 3 is 3.19 bits per heavy atom. The fourth-order valence-electron chi connectivity index (χ4n) is 2.25. The lowest BCUT2D eigenvalue weighted by atomic mass is 10.1. The second-order valence-corrected chi connectivity index (χ2v) is 4.51. The molecular formula is C12H20N2O2. The van der Waals surface area contributed by atoms with Crippen LogP contribution >= 0.6 is 0 Å². The highest BCUT2D eigenvalue weighted by Gasteiger charge is 2.16. The van der Waals surface area contributed by atoms with Crippen LogP contribution in [0.25, 0.3) is 0 Å². The monoisotopic (exact) mass is 224 g/mol. The summed E-state index contributed by atoms with van der Waals surface area (Å²) < 4.78 is 7.42. The summed E-state index contributed by atoms with van der Waals surface area (Å²) in [6.45, 7) is 0.912. The molecule has 0 radical (unpaired) electrons. The Bertz CT molecular complexity index is 319. The third-order valence-electron chi connectivity index (χ3n) is 3.22. The second-order valence-electron chi connectivity index (χ2n) is 4.51. The number of aryl methyl sites for hydroxylation is 1. The van der Waals surface area contributed by atoms with Crippen LogP contribution in [0.5, 0.6) is 0 Å². The highest BCUT2D eigenvalue weighted by Crippen LogP contribution is 2.22. The number of nitrogens with zero attached hydrogens (tertiary/aromatic N) is 2. The molecule has 0 aliphatic carbocycles. The standard InChI is InChI=1S/C12H20N2O2/c1-14-9-13-8-11(14)12(15)6-2-4-10-5-3-7-16-10/h8-10,12,15H,2-7H2,1H3. The minimum absolute atomic E-state index is 0.395. The predicted octanol–water partition coefficient (Wildman–Crippen LogP) is 1.80. The van der Waals surface area contributed by atoms with Gasteiger partial charge in [-0.1, -0.05) is 0 Å². The Kier molecular flexibility index (Phi) is 3.96. The number of aliphatic hydroxyl groups excluding tert-OH is 1. The highest BCUT2D eigenvalue weighted by molar-refractivity contribution is 5.01. The Morgan fingerprint density at radius 1 is 1.69 bits per heavy atom. The lowest BCUT2D eigenvalue weighted by molar-refractivity contribution is 0.0936. The van der Waals surface area contributed by atoms with Crippen molar-refractivity contribution in [2.45, 2.75) is 44.3 Å². The number of hydrogen-bond acceptors (Lipinski definition) is 3. The fraction of sp³-hybridized carbons (Fsp3) is 0.750. The van der Waals surface area contributed by atoms with Gasteiger partial charge in [0.25, 0.3) is 0 Å². The molecule has 2 rings (SSSR count). The van der Waals surface area contributed by atoms with Crippen molar-refractivity contribution < 1.29 is 9.84 Å². The molecule has 2 heterocycles. The van der Waals surface area contributed by atoms with Gasteiger partial charge in [-0.25, -0.2) is 4.98 Å². The first-order valence-corrected chi connectivity index (χ1v) is 6.03. The van der Waals surface area contributed by atoms with Gasteiger partial charge in [0.15, 0.2) is 0 Å². The Labute approximate surface area is 96.3 Å². The topological polar surface area (TPSA) is 47.3 Å². The molecule has 4 heteroatoms. The molecule has 4 nitrogen and oxygen atoms in total. The van der Waals surface area contributed by atoms with Crippen LogP contribution in [0.4, 0.5) is 0 Å². The highest BCUT2D eigenvalue weighted by atomic mass is 16.5. The molecule has 1 aromatic rings. The molecule has 1 saturated heterocycles. The molecule has 2 unspecified atom stereocenters. The van der Waals surface area contributed by atoms with Gasteiger partial charge in [-0.3, -0.25) is 0 Å². The maximum Gasteiger partial charge on any atom is 0.0955 e. The van der Waals surface area contributed by atoms with Crippen molar-refractivity contribution in [1.29, 1.82) is 0 Å². The summed E-state index contributed by atoms with van der Waals surface area (Å²) >= 11 is 0. The quantitative estimate of drug-likeness (QED) is 0.829. The number of aliphatic hydroxyl groups is 1. The maximum absolute atomic E-state index is 9.96. The van der Waals surface area contributed by atoms with Gasteiger partial charge in [0.2, 0.25) is 0 Å². The van der Waals surface area contributed by atoms with Crippen molar-refractivity contribution in [1.82, 2.24) is 9.55 Å². The van der Waals surface area contributed by atoms with Crippen molar-refractivity contribution in [2.24, 2.45) is 7.05 Å². The largest absolute Gasteiger partial charge is 0.387 e. The van der Waals surface area contributed by atoms with Crippen LogP contribution < -0.4 is 0 Å². The van der Waals surface area contributed by atoms with Gasteiger partial charge in [0, 0.05) is 13.7 Å². The normalized spacial score (nSPS) is 22.5. The minimum Gasteiger partial charge on any atom is -0.387 e. The second kappa shape index (κ2) is 5.46. The third kappa shape index (κ3) is 2.83. The summed E-state index contributed by atoms with van der Waals surface area (Å²) in [5, 5.41) is 9.96. The molecule has 16 heavy (non-hydrogen) atoms. The zero-order chi connectivity index (χ0) is 11.4. The van der Waals surface area contributed by atoms with Gasteiger partial charge < -0.3 is 14.4 Å². The van der Waals surface area contributed by atoms with E-state index in [2.05, 4.69) is 4.98 Å². The van der Waals surface area contributed by atoms with E-state index in [1.165, 1.54) is 12.8 Å². The average molecular weight is 224 g/mol. The summed E-state index contributed by atoms with van der Waals surface area (Å²) in [6.07, 6.45) is 8.73. The van der Waals surface area contributed by atoms with Gasteiger partial charge in [0.05, 0.1) is 30.4 Å². The number of aromatic nitrogens is 2. The van der Waals surface area contributed by atoms with Crippen LogP contribution in [0, 0.1) is 0 Å². The molecule has 1 aliphatic rings. The number of hydrogen-bond donors (Lipinski definition) is 1. The van der Waals surface area contributed by atoms with E-state index in [1.54, 1.807) is 12.5 Å². The van der Waals surface area contributed by atoms with Gasteiger partial charge in [0.1, 0.15) is 0 Å². The Morgan fingerprint density at radius 2 is 2.56 bits per heavy atom. The smallest absolute Gasteiger partial charge is 0.0955 e. The molecule has 1 aromatic heterocycles. The fourth-order valence-corrected chi connectivity index (χ4v) is 2.25. The third-order valence-corrected chi connectivity index (χ3v) is 3.22. The average Bonchev–Trinajstić information content (AvgIpc) is 2.88. The van der Waals surface area contributed by atoms with Gasteiger partial charge in [-0.05, 0) is 32.1 Å². The van der Waals surface area contributed by atoms with Crippen LogP contribution in [0.15, 0.2) is 12.5 Å². The van der Waals surface area contributed by atoms with Crippen LogP contribution in [0.3, 0.4) is 0 Å². The molecule has 0 bridgehead atoms. The molecule has 0 saturated carbocycles. The van der Waals surface area contributed by atoms with Crippen molar-refractivity contribution in [3.05, 3.63) is 18.2 Å². The van der Waals surface area contributed by atoms with Crippen LogP contribution in [0.2, 0.25) is 0 Å². The zero-order valence-corrected chi connectivity index (χ0v) is 9.80. The molecule has 0 amide bonds. The van der Waals surface area contributed by atoms with E-state index >= 15 is 0 Å². The predicted molar refractivity (Wildman–Crippen MR) is 61.0 cm³/mol. The van der Waals surface area contributed by atoms with Crippen molar-refractivity contribution in [3.63, 3.8) is 0 Å². The summed E-state index contributed by atoms with van der Waals surface area (Å²) in [7, 11) is 1.91. The number of rotatable bonds is 5. The molecular weight excluding hydrogens is 204 g/mol. The summed E-state index contributed by atoms with van der Waals surface area (Å²) in [6, 6.07) is 0. The summed E-state index contributed by atoms with van der Waals surface area (Å²) in [5.74, 6) is 0. The van der Waals surface area contributed by atoms with E-state index in [4.69, 9.17) is 4.74 Å². The number of ether oxygens (including phenoxy) is 1. The van der Waals surface area contributed by atoms with E-state index in [-0.39, 0.29) is 0 Å². The van der Waals surface area contributed by atoms with E-state index < -0.39 is 6.10 Å². The minimum atomic E-state index is -0.395. The van der Waals surface area contributed by atoms with Crippen molar-refractivity contribution in [3.8, 4) is 0 Å². The molecule has 1 aliphatic heterocycles. The molecule has 90 valence electrons. The molecule has 0 aromatic carbocycles. The lowest BCUT2D eigenvalue weighted by Gasteiger charge is -2.13. The first-order chi connectivity index (χ1) is 7.77. The zero-order valence-electron chi connectivity index (χ0n) is 9.80. The van der Waals surface area contributed by atoms with E-state index in [0.717, 1.165) is 31.6 Å². The van der Waals surface area contributed by atoms with E-state index in [9.17, 15) is 5.11 Å². The summed E-state index contributed by atoms with van der Waals surface area (Å²) in [5.41, 5.74) is 0.896. The molecule has 1 fully saturated rings. The van der Waals surface area contributed by atoms with Crippen molar-refractivity contribution in [2.75, 3.05) is 6.61 Å². The van der Waals surface area contributed by atoms with Gasteiger partial charge in [-0.15, -0.1) is 0 Å². The molecule has 2 atom stereocenters. The summed E-state index contributed by atoms with van der Waals surface area (Å²) in [4.78, 5) is 4.01. The van der Waals surface area contributed by atoms with Crippen LogP contribution in [-0.2, 0) is 11.8 Å². The maximum atomic E-state index is 9.96. The van der Waals surface area contributed by atoms with Crippen LogP contribution in [0.1, 0.15) is 43.9 Å². The van der Waals surface area contributed by atoms with Crippen molar-refractivity contribution >= 4 is 0 Å². The Balaban J connectivity index is 1.71. The van der Waals surface area contributed by atoms with E-state index in [0.29, 0.717) is 6.10 Å². The van der Waals surface area contributed by atoms with Crippen LogP contribution in [-0.4, -0.2) is 27.4 Å². The first-order valence-electron chi connectivity index (χ1n) is 6.03. The Hall–Kier alpha value is -0.870. The molecule has 1 N–H and O–H groups in total. The first kappa shape index (κ1) is 11.6. The number of imidazole rings is 1.